The van der Waals surface area contributed by atoms with E-state index >= 15 is 0 Å². The summed E-state index contributed by atoms with van der Waals surface area (Å²) in [4.78, 5) is 3.94. The van der Waals surface area contributed by atoms with Crippen LogP contribution in [-0.4, -0.2) is 22.0 Å². The van der Waals surface area contributed by atoms with Gasteiger partial charge in [0.25, 0.3) is 0 Å². The Morgan fingerprint density at radius 2 is 2.00 bits per heavy atom. The zero-order valence-electron chi connectivity index (χ0n) is 11.8. The lowest BCUT2D eigenvalue weighted by atomic mass is 10.1. The van der Waals surface area contributed by atoms with Crippen LogP contribution >= 0.6 is 23.3 Å². The highest BCUT2D eigenvalue weighted by molar-refractivity contribution is 7.97. The van der Waals surface area contributed by atoms with Gasteiger partial charge in [-0.2, -0.15) is 18.4 Å². The van der Waals surface area contributed by atoms with Crippen molar-refractivity contribution in [1.82, 2.24) is 9.29 Å². The van der Waals surface area contributed by atoms with E-state index in [0.717, 1.165) is 51.9 Å². The minimum Gasteiger partial charge on any atom is -0.229 e. The molecule has 2 rings (SSSR count). The lowest BCUT2D eigenvalue weighted by Gasteiger charge is -2.30. The molecule has 0 saturated carbocycles. The van der Waals surface area contributed by atoms with E-state index in [1.54, 1.807) is 6.92 Å². The number of nitriles is 1. The van der Waals surface area contributed by atoms with Gasteiger partial charge < -0.3 is 0 Å². The summed E-state index contributed by atoms with van der Waals surface area (Å²) in [6, 6.07) is 4.20. The zero-order valence-corrected chi connectivity index (χ0v) is 13.5. The molecule has 1 unspecified atom stereocenters. The summed E-state index contributed by atoms with van der Waals surface area (Å²) in [6.45, 7) is 1.68. The fourth-order valence-corrected chi connectivity index (χ4v) is 3.63. The van der Waals surface area contributed by atoms with E-state index in [4.69, 9.17) is 5.26 Å². The maximum absolute atomic E-state index is 13.5. The Labute approximate surface area is 138 Å². The Balaban J connectivity index is 2.32. The highest BCUT2D eigenvalue weighted by Gasteiger charge is 2.45. The molecule has 9 heteroatoms. The number of aromatic nitrogens is 1. The van der Waals surface area contributed by atoms with Gasteiger partial charge in [-0.3, -0.25) is 0 Å². The van der Waals surface area contributed by atoms with Gasteiger partial charge in [0.2, 0.25) is 0 Å². The molecule has 0 amide bonds. The van der Waals surface area contributed by atoms with Crippen LogP contribution in [-0.2, 0) is 0 Å². The van der Waals surface area contributed by atoms with E-state index in [2.05, 4.69) is 4.98 Å². The SMILES string of the molecule is CCN(Sc1csc(C#N)n1)C(c1ccc(F)cc1)C(F)(F)F. The second-order valence-electron chi connectivity index (χ2n) is 4.42. The quantitative estimate of drug-likeness (QED) is 0.567. The van der Waals surface area contributed by atoms with E-state index in [9.17, 15) is 17.6 Å². The van der Waals surface area contributed by atoms with Gasteiger partial charge in [0, 0.05) is 11.9 Å². The highest BCUT2D eigenvalue weighted by atomic mass is 32.2. The molecular formula is C14H11F4N3S2. The van der Waals surface area contributed by atoms with E-state index in [1.807, 2.05) is 6.07 Å². The molecule has 2 aromatic rings. The predicted octanol–water partition coefficient (Wildman–Crippen LogP) is 4.79. The van der Waals surface area contributed by atoms with Crippen LogP contribution in [0.2, 0.25) is 0 Å². The molecule has 0 radical (unpaired) electrons. The van der Waals surface area contributed by atoms with Gasteiger partial charge in [-0.25, -0.2) is 13.7 Å². The van der Waals surface area contributed by atoms with Crippen LogP contribution in [0.5, 0.6) is 0 Å². The lowest BCUT2D eigenvalue weighted by Crippen LogP contribution is -2.34. The van der Waals surface area contributed by atoms with Gasteiger partial charge >= 0.3 is 6.18 Å². The number of nitrogens with zero attached hydrogens (tertiary/aromatic N) is 3. The van der Waals surface area contributed by atoms with Gasteiger partial charge in [0.05, 0.1) is 0 Å². The number of hydrogen-bond donors (Lipinski definition) is 0. The molecule has 23 heavy (non-hydrogen) atoms. The van der Waals surface area contributed by atoms with E-state index in [-0.39, 0.29) is 17.1 Å². The minimum atomic E-state index is -4.53. The van der Waals surface area contributed by atoms with Crippen molar-refractivity contribution in [3.05, 3.63) is 46.0 Å². The van der Waals surface area contributed by atoms with Crippen molar-refractivity contribution in [3.63, 3.8) is 0 Å². The molecule has 0 spiro atoms. The molecule has 0 N–H and O–H groups in total. The van der Waals surface area contributed by atoms with Crippen molar-refractivity contribution in [1.29, 1.82) is 5.26 Å². The van der Waals surface area contributed by atoms with Gasteiger partial charge in [0.15, 0.2) is 5.01 Å². The van der Waals surface area contributed by atoms with Crippen molar-refractivity contribution < 1.29 is 17.6 Å². The summed E-state index contributed by atoms with van der Waals surface area (Å²) in [5, 5.41) is 10.8. The molecule has 0 saturated heterocycles. The highest BCUT2D eigenvalue weighted by Crippen LogP contribution is 2.42. The number of hydrogen-bond acceptors (Lipinski definition) is 5. The first kappa shape index (κ1) is 17.7. The number of thiazole rings is 1. The van der Waals surface area contributed by atoms with Crippen LogP contribution in [0.4, 0.5) is 17.6 Å². The molecule has 0 fully saturated rings. The average molecular weight is 361 g/mol. The summed E-state index contributed by atoms with van der Waals surface area (Å²) in [7, 11) is 0. The van der Waals surface area contributed by atoms with Crippen molar-refractivity contribution in [2.75, 3.05) is 6.54 Å². The standard InChI is InChI=1S/C14H11F4N3S2/c1-2-21(23-12-8-22-11(7-19)20-12)13(14(16,17)18)9-3-5-10(15)6-4-9/h3-6,8,13H,2H2,1H3. The molecule has 0 aliphatic carbocycles. The van der Waals surface area contributed by atoms with Crippen molar-refractivity contribution >= 4 is 23.3 Å². The maximum atomic E-state index is 13.5. The Kier molecular flexibility index (Phi) is 5.62. The van der Waals surface area contributed by atoms with Gasteiger partial charge in [0.1, 0.15) is 23.0 Å². The molecule has 0 aliphatic rings. The molecular weight excluding hydrogens is 350 g/mol. The second-order valence-corrected chi connectivity index (χ2v) is 6.35. The van der Waals surface area contributed by atoms with Crippen molar-refractivity contribution in [2.45, 2.75) is 24.2 Å². The third-order valence-electron chi connectivity index (χ3n) is 2.88. The van der Waals surface area contributed by atoms with Crippen LogP contribution in [0.1, 0.15) is 23.5 Å². The largest absolute Gasteiger partial charge is 0.408 e. The monoisotopic (exact) mass is 361 g/mol. The molecule has 122 valence electrons. The van der Waals surface area contributed by atoms with Crippen molar-refractivity contribution in [2.24, 2.45) is 0 Å². The van der Waals surface area contributed by atoms with Crippen LogP contribution in [0.25, 0.3) is 0 Å². The molecule has 1 atom stereocenters. The van der Waals surface area contributed by atoms with Crippen LogP contribution in [0.3, 0.4) is 0 Å². The molecule has 3 nitrogen and oxygen atoms in total. The Morgan fingerprint density at radius 3 is 2.48 bits per heavy atom. The van der Waals surface area contributed by atoms with E-state index in [0.29, 0.717) is 5.03 Å². The first-order valence-electron chi connectivity index (χ1n) is 6.47. The summed E-state index contributed by atoms with van der Waals surface area (Å²) < 4.78 is 54.6. The zero-order chi connectivity index (χ0) is 17.0. The van der Waals surface area contributed by atoms with E-state index in [1.165, 1.54) is 5.38 Å². The third-order valence-corrected chi connectivity index (χ3v) is 4.88. The van der Waals surface area contributed by atoms with Gasteiger partial charge in [-0.1, -0.05) is 19.1 Å². The topological polar surface area (TPSA) is 39.9 Å². The first-order valence-corrected chi connectivity index (χ1v) is 8.13. The summed E-state index contributed by atoms with van der Waals surface area (Å²) >= 11 is 1.90. The van der Waals surface area contributed by atoms with Gasteiger partial charge in [-0.05, 0) is 29.6 Å². The second kappa shape index (κ2) is 7.29. The maximum Gasteiger partial charge on any atom is 0.408 e. The van der Waals surface area contributed by atoms with Crippen LogP contribution < -0.4 is 0 Å². The molecule has 1 aromatic carbocycles. The molecule has 0 bridgehead atoms. The fourth-order valence-electron chi connectivity index (χ4n) is 1.94. The van der Waals surface area contributed by atoms with Crippen LogP contribution in [0, 0.1) is 17.1 Å². The Morgan fingerprint density at radius 1 is 1.35 bits per heavy atom. The summed E-state index contributed by atoms with van der Waals surface area (Å²) in [6.07, 6.45) is -4.53. The normalized spacial score (nSPS) is 13.1. The van der Waals surface area contributed by atoms with Gasteiger partial charge in [-0.15, -0.1) is 11.3 Å². The number of rotatable bonds is 5. The molecule has 0 aliphatic heterocycles. The van der Waals surface area contributed by atoms with Crippen molar-refractivity contribution in [3.8, 4) is 6.07 Å². The number of benzene rings is 1. The average Bonchev–Trinajstić information content (AvgIpc) is 2.95. The minimum absolute atomic E-state index is 0.0519. The first-order chi connectivity index (χ1) is 10.8. The predicted molar refractivity (Wildman–Crippen MR) is 80.3 cm³/mol. The Bertz CT molecular complexity index is 691. The van der Waals surface area contributed by atoms with E-state index < -0.39 is 18.0 Å². The third kappa shape index (κ3) is 4.43. The number of alkyl halides is 3. The smallest absolute Gasteiger partial charge is 0.229 e. The Hall–Kier alpha value is -1.63. The molecule has 1 aromatic heterocycles. The summed E-state index contributed by atoms with van der Waals surface area (Å²) in [5.74, 6) is -0.594. The summed E-state index contributed by atoms with van der Waals surface area (Å²) in [5.41, 5.74) is -0.0519. The van der Waals surface area contributed by atoms with Crippen LogP contribution in [0.15, 0.2) is 34.7 Å². The number of halogens is 4. The molecule has 1 heterocycles. The fraction of sp³-hybridized carbons (Fsp3) is 0.286. The lowest BCUT2D eigenvalue weighted by molar-refractivity contribution is -0.172.